The van der Waals surface area contributed by atoms with Gasteiger partial charge in [-0.2, -0.15) is 4.31 Å². The summed E-state index contributed by atoms with van der Waals surface area (Å²) in [6, 6.07) is 10.9. The van der Waals surface area contributed by atoms with E-state index in [1.54, 1.807) is 23.5 Å². The number of nitrogens with zero attached hydrogens (tertiary/aromatic N) is 1. The molecule has 1 fully saturated rings. The summed E-state index contributed by atoms with van der Waals surface area (Å²) < 4.78 is 33.4. The molecule has 0 radical (unpaired) electrons. The molecular formula is C18H23NO3S. The van der Waals surface area contributed by atoms with E-state index in [0.717, 1.165) is 17.2 Å². The average Bonchev–Trinajstić information content (AvgIpc) is 2.52. The minimum atomic E-state index is -3.50. The quantitative estimate of drug-likeness (QED) is 0.863. The molecule has 5 heteroatoms. The van der Waals surface area contributed by atoms with Gasteiger partial charge < -0.3 is 4.74 Å². The molecule has 0 unspecified atom stereocenters. The summed E-state index contributed by atoms with van der Waals surface area (Å²) in [6.07, 6.45) is 1.08. The molecule has 0 amide bonds. The predicted molar refractivity (Wildman–Crippen MR) is 92.2 cm³/mol. The number of hydrogen-bond acceptors (Lipinski definition) is 3. The molecule has 0 N–H and O–H groups in total. The van der Waals surface area contributed by atoms with Crippen LogP contribution in [0.2, 0.25) is 0 Å². The second-order valence-corrected chi connectivity index (χ2v) is 8.49. The molecule has 1 aliphatic rings. The van der Waals surface area contributed by atoms with Crippen molar-refractivity contribution in [1.82, 2.24) is 4.31 Å². The number of benzene rings is 2. The average molecular weight is 333 g/mol. The summed E-state index contributed by atoms with van der Waals surface area (Å²) in [5.41, 5.74) is 0. The highest BCUT2D eigenvalue weighted by atomic mass is 32.2. The van der Waals surface area contributed by atoms with E-state index in [1.807, 2.05) is 24.3 Å². The molecule has 1 heterocycles. The molecule has 0 aromatic heterocycles. The van der Waals surface area contributed by atoms with Crippen molar-refractivity contribution in [3.05, 3.63) is 36.4 Å². The highest BCUT2D eigenvalue weighted by Crippen LogP contribution is 2.34. The zero-order valence-corrected chi connectivity index (χ0v) is 14.6. The van der Waals surface area contributed by atoms with Crippen LogP contribution in [0.15, 0.2) is 41.3 Å². The van der Waals surface area contributed by atoms with Crippen molar-refractivity contribution in [2.45, 2.75) is 25.2 Å². The van der Waals surface area contributed by atoms with Gasteiger partial charge in [-0.25, -0.2) is 8.42 Å². The van der Waals surface area contributed by atoms with Gasteiger partial charge in [-0.05, 0) is 30.4 Å². The van der Waals surface area contributed by atoms with Crippen LogP contribution in [0.5, 0.6) is 5.75 Å². The van der Waals surface area contributed by atoms with Gasteiger partial charge in [-0.15, -0.1) is 0 Å². The van der Waals surface area contributed by atoms with E-state index in [9.17, 15) is 8.42 Å². The van der Waals surface area contributed by atoms with Gasteiger partial charge in [0.25, 0.3) is 0 Å². The predicted octanol–water partition coefficient (Wildman–Crippen LogP) is 3.52. The lowest BCUT2D eigenvalue weighted by Gasteiger charge is -2.34. The maximum Gasteiger partial charge on any atom is 0.243 e. The third-order valence-corrected chi connectivity index (χ3v) is 6.41. The Morgan fingerprint density at radius 2 is 1.61 bits per heavy atom. The fourth-order valence-electron chi connectivity index (χ4n) is 3.59. The van der Waals surface area contributed by atoms with Gasteiger partial charge in [0.15, 0.2) is 0 Å². The van der Waals surface area contributed by atoms with Crippen LogP contribution in [0.3, 0.4) is 0 Å². The number of ether oxygens (including phenoxy) is 1. The van der Waals surface area contributed by atoms with Crippen molar-refractivity contribution in [1.29, 1.82) is 0 Å². The topological polar surface area (TPSA) is 46.6 Å². The van der Waals surface area contributed by atoms with E-state index in [4.69, 9.17) is 4.74 Å². The highest BCUT2D eigenvalue weighted by Gasteiger charge is 2.32. The first-order chi connectivity index (χ1) is 10.9. The van der Waals surface area contributed by atoms with E-state index in [1.165, 1.54) is 0 Å². The Morgan fingerprint density at radius 1 is 1.00 bits per heavy atom. The van der Waals surface area contributed by atoms with Crippen LogP contribution in [-0.2, 0) is 10.0 Å². The molecule has 2 aromatic carbocycles. The molecule has 1 aliphatic heterocycles. The smallest absolute Gasteiger partial charge is 0.243 e. The number of methoxy groups -OCH3 is 1. The van der Waals surface area contributed by atoms with Crippen molar-refractivity contribution in [3.63, 3.8) is 0 Å². The van der Waals surface area contributed by atoms with Crippen molar-refractivity contribution >= 4 is 20.8 Å². The number of hydrogen-bond donors (Lipinski definition) is 0. The fourth-order valence-corrected chi connectivity index (χ4v) is 5.46. The number of piperidine rings is 1. The van der Waals surface area contributed by atoms with Crippen molar-refractivity contribution < 1.29 is 13.2 Å². The molecule has 2 atom stereocenters. The lowest BCUT2D eigenvalue weighted by atomic mass is 9.94. The minimum Gasteiger partial charge on any atom is -0.496 e. The molecule has 2 aromatic rings. The Kier molecular flexibility index (Phi) is 4.34. The summed E-state index contributed by atoms with van der Waals surface area (Å²) >= 11 is 0. The van der Waals surface area contributed by atoms with Gasteiger partial charge in [0.2, 0.25) is 10.0 Å². The monoisotopic (exact) mass is 333 g/mol. The van der Waals surface area contributed by atoms with Crippen LogP contribution >= 0.6 is 0 Å². The number of sulfonamides is 1. The Labute approximate surface area is 138 Å². The van der Waals surface area contributed by atoms with Gasteiger partial charge >= 0.3 is 0 Å². The summed E-state index contributed by atoms with van der Waals surface area (Å²) in [5, 5.41) is 1.55. The highest BCUT2D eigenvalue weighted by molar-refractivity contribution is 7.89. The molecule has 0 saturated carbocycles. The number of fused-ring (bicyclic) bond motifs is 1. The van der Waals surface area contributed by atoms with Crippen LogP contribution in [0.25, 0.3) is 10.8 Å². The third kappa shape index (κ3) is 2.95. The molecule has 124 valence electrons. The first kappa shape index (κ1) is 16.3. The van der Waals surface area contributed by atoms with Crippen LogP contribution in [0.4, 0.5) is 0 Å². The Balaban J connectivity index is 2.12. The van der Waals surface area contributed by atoms with E-state index in [0.29, 0.717) is 35.6 Å². The summed E-state index contributed by atoms with van der Waals surface area (Å²) in [6.45, 7) is 5.41. The molecule has 3 rings (SSSR count). The van der Waals surface area contributed by atoms with Gasteiger partial charge in [-0.1, -0.05) is 38.1 Å². The van der Waals surface area contributed by atoms with Gasteiger partial charge in [-0.3, -0.25) is 0 Å². The summed E-state index contributed by atoms with van der Waals surface area (Å²) in [4.78, 5) is 0.371. The second-order valence-electron chi connectivity index (χ2n) is 6.58. The molecule has 0 bridgehead atoms. The Bertz CT molecular complexity index is 806. The molecule has 0 spiro atoms. The van der Waals surface area contributed by atoms with Crippen LogP contribution in [-0.4, -0.2) is 32.9 Å². The van der Waals surface area contributed by atoms with Crippen LogP contribution < -0.4 is 4.74 Å². The van der Waals surface area contributed by atoms with Gasteiger partial charge in [0.1, 0.15) is 5.75 Å². The van der Waals surface area contributed by atoms with Crippen molar-refractivity contribution in [2.75, 3.05) is 20.2 Å². The zero-order valence-electron chi connectivity index (χ0n) is 13.8. The molecule has 1 saturated heterocycles. The van der Waals surface area contributed by atoms with Gasteiger partial charge in [0, 0.05) is 23.9 Å². The minimum absolute atomic E-state index is 0.371. The van der Waals surface area contributed by atoms with Crippen LogP contribution in [0.1, 0.15) is 20.3 Å². The second kappa shape index (κ2) is 6.13. The number of rotatable bonds is 3. The maximum absolute atomic E-state index is 13.2. The van der Waals surface area contributed by atoms with E-state index in [-0.39, 0.29) is 0 Å². The normalized spacial score (nSPS) is 23.1. The zero-order chi connectivity index (χ0) is 16.6. The Morgan fingerprint density at radius 3 is 2.22 bits per heavy atom. The fraction of sp³-hybridized carbons (Fsp3) is 0.444. The molecular weight excluding hydrogens is 310 g/mol. The standard InChI is InChI=1S/C18H23NO3S/c1-13-10-14(2)12-19(11-13)23(20,21)18-9-8-17(22-3)15-6-4-5-7-16(15)18/h4-9,13-14H,10-12H2,1-3H3/t13-,14+. The molecule has 23 heavy (non-hydrogen) atoms. The van der Waals surface area contributed by atoms with Crippen molar-refractivity contribution in [3.8, 4) is 5.75 Å². The van der Waals surface area contributed by atoms with E-state index < -0.39 is 10.0 Å². The molecule has 4 nitrogen and oxygen atoms in total. The van der Waals surface area contributed by atoms with E-state index in [2.05, 4.69) is 13.8 Å². The summed E-state index contributed by atoms with van der Waals surface area (Å²) in [7, 11) is -1.90. The molecule has 0 aliphatic carbocycles. The third-order valence-electron chi connectivity index (χ3n) is 4.52. The largest absolute Gasteiger partial charge is 0.496 e. The maximum atomic E-state index is 13.2. The summed E-state index contributed by atoms with van der Waals surface area (Å²) in [5.74, 6) is 1.47. The lowest BCUT2D eigenvalue weighted by Crippen LogP contribution is -2.42. The van der Waals surface area contributed by atoms with E-state index >= 15 is 0 Å². The Hall–Kier alpha value is -1.59. The van der Waals surface area contributed by atoms with Crippen molar-refractivity contribution in [2.24, 2.45) is 11.8 Å². The van der Waals surface area contributed by atoms with Crippen LogP contribution in [0, 0.1) is 11.8 Å². The first-order valence-corrected chi connectivity index (χ1v) is 9.43. The van der Waals surface area contributed by atoms with Gasteiger partial charge in [0.05, 0.1) is 12.0 Å². The SMILES string of the molecule is COc1ccc(S(=O)(=O)N2C[C@H](C)C[C@H](C)C2)c2ccccc12. The first-order valence-electron chi connectivity index (χ1n) is 7.99. The lowest BCUT2D eigenvalue weighted by molar-refractivity contribution is 0.222.